The lowest BCUT2D eigenvalue weighted by Gasteiger charge is -2.22. The summed E-state index contributed by atoms with van der Waals surface area (Å²) in [6, 6.07) is 14.7. The third kappa shape index (κ3) is 3.05. The number of benzene rings is 2. The van der Waals surface area contributed by atoms with Gasteiger partial charge in [-0.3, -0.25) is 19.5 Å². The van der Waals surface area contributed by atoms with E-state index in [4.69, 9.17) is 0 Å². The number of pyridine rings is 1. The average molecular weight is 414 g/mol. The first-order chi connectivity index (χ1) is 15.0. The predicted octanol–water partition coefficient (Wildman–Crippen LogP) is 3.72. The first-order valence-corrected chi connectivity index (χ1v) is 9.46. The van der Waals surface area contributed by atoms with E-state index in [-0.39, 0.29) is 17.1 Å². The maximum absolute atomic E-state index is 13.3. The van der Waals surface area contributed by atoms with Crippen molar-refractivity contribution >= 4 is 34.4 Å². The quantitative estimate of drug-likeness (QED) is 0.302. The molecule has 1 amide bonds. The standard InChI is InChI=1S/C23H15FN4O3/c24-15-9-7-13(8-10-15)20(29)18-19(14-4-3-11-25-12-14)28(22(31)21(18)30)23-26-16-5-1-2-6-17(16)27-23/h1-12,19,29H,(H,26,27)/b20-18+. The molecule has 0 aliphatic carbocycles. The maximum Gasteiger partial charge on any atom is 0.302 e. The Morgan fingerprint density at radius 3 is 2.52 bits per heavy atom. The van der Waals surface area contributed by atoms with Crippen molar-refractivity contribution in [1.29, 1.82) is 0 Å². The second kappa shape index (κ2) is 7.17. The number of hydrogen-bond donors (Lipinski definition) is 2. The van der Waals surface area contributed by atoms with Gasteiger partial charge in [-0.2, -0.15) is 0 Å². The molecule has 1 aliphatic rings. The van der Waals surface area contributed by atoms with Crippen LogP contribution in [0.4, 0.5) is 10.3 Å². The normalized spacial score (nSPS) is 18.1. The van der Waals surface area contributed by atoms with Crippen LogP contribution in [0.2, 0.25) is 0 Å². The number of aliphatic hydroxyl groups is 1. The van der Waals surface area contributed by atoms with Crippen molar-refractivity contribution in [3.63, 3.8) is 0 Å². The van der Waals surface area contributed by atoms with Gasteiger partial charge in [-0.05, 0) is 48.0 Å². The molecule has 2 aromatic heterocycles. The summed E-state index contributed by atoms with van der Waals surface area (Å²) in [4.78, 5) is 38.9. The fourth-order valence-corrected chi connectivity index (χ4v) is 3.72. The predicted molar refractivity (Wildman–Crippen MR) is 112 cm³/mol. The van der Waals surface area contributed by atoms with Gasteiger partial charge in [-0.15, -0.1) is 0 Å². The number of halogens is 1. The second-order valence-electron chi connectivity index (χ2n) is 7.04. The van der Waals surface area contributed by atoms with Gasteiger partial charge in [-0.25, -0.2) is 9.37 Å². The van der Waals surface area contributed by atoms with Crippen LogP contribution >= 0.6 is 0 Å². The third-order valence-electron chi connectivity index (χ3n) is 5.17. The molecule has 2 aromatic carbocycles. The van der Waals surface area contributed by atoms with E-state index in [1.54, 1.807) is 30.5 Å². The minimum absolute atomic E-state index is 0.120. The number of carbonyl (C=O) groups excluding carboxylic acids is 2. The molecule has 1 fully saturated rings. The minimum Gasteiger partial charge on any atom is -0.507 e. The number of nitrogens with zero attached hydrogens (tertiary/aromatic N) is 3. The monoisotopic (exact) mass is 414 g/mol. The van der Waals surface area contributed by atoms with E-state index < -0.39 is 29.3 Å². The number of H-pyrrole nitrogens is 1. The zero-order chi connectivity index (χ0) is 21.5. The van der Waals surface area contributed by atoms with Gasteiger partial charge in [0.15, 0.2) is 0 Å². The van der Waals surface area contributed by atoms with E-state index in [9.17, 15) is 19.1 Å². The SMILES string of the molecule is O=C1C(=O)N(c2nc3ccccc3[nH]2)C(c2cccnc2)/C1=C(\O)c1ccc(F)cc1. The third-order valence-corrected chi connectivity index (χ3v) is 5.17. The summed E-state index contributed by atoms with van der Waals surface area (Å²) in [5.41, 5.74) is 1.94. The van der Waals surface area contributed by atoms with Gasteiger partial charge in [-0.1, -0.05) is 18.2 Å². The number of anilines is 1. The van der Waals surface area contributed by atoms with E-state index in [2.05, 4.69) is 15.0 Å². The summed E-state index contributed by atoms with van der Waals surface area (Å²) in [5.74, 6) is -2.41. The van der Waals surface area contributed by atoms with Crippen LogP contribution in [0, 0.1) is 5.82 Å². The molecule has 7 nitrogen and oxygen atoms in total. The summed E-state index contributed by atoms with van der Waals surface area (Å²) in [6.07, 6.45) is 3.08. The number of Topliss-reactive ketones (excluding diaryl/α,β-unsaturated/α-hetero) is 1. The number of ketones is 1. The number of aliphatic hydroxyl groups excluding tert-OH is 1. The lowest BCUT2D eigenvalue weighted by Crippen LogP contribution is -2.30. The number of carbonyl (C=O) groups is 2. The fraction of sp³-hybridized carbons (Fsp3) is 0.0435. The van der Waals surface area contributed by atoms with Crippen LogP contribution in [0.3, 0.4) is 0 Å². The maximum atomic E-state index is 13.3. The number of aromatic amines is 1. The fourth-order valence-electron chi connectivity index (χ4n) is 3.72. The van der Waals surface area contributed by atoms with Crippen molar-refractivity contribution in [1.82, 2.24) is 15.0 Å². The van der Waals surface area contributed by atoms with Gasteiger partial charge in [0.05, 0.1) is 22.6 Å². The molecule has 0 saturated carbocycles. The molecule has 1 unspecified atom stereocenters. The molecule has 0 bridgehead atoms. The summed E-state index contributed by atoms with van der Waals surface area (Å²) in [6.45, 7) is 0. The summed E-state index contributed by atoms with van der Waals surface area (Å²) in [5, 5.41) is 10.9. The van der Waals surface area contributed by atoms with Crippen LogP contribution in [0.15, 0.2) is 78.6 Å². The first-order valence-electron chi connectivity index (χ1n) is 9.46. The molecule has 3 heterocycles. The number of hydrogen-bond acceptors (Lipinski definition) is 5. The van der Waals surface area contributed by atoms with E-state index in [0.29, 0.717) is 16.6 Å². The molecule has 0 radical (unpaired) electrons. The minimum atomic E-state index is -0.959. The Kier molecular flexibility index (Phi) is 4.32. The van der Waals surface area contributed by atoms with E-state index in [1.807, 2.05) is 12.1 Å². The van der Waals surface area contributed by atoms with Crippen LogP contribution in [-0.2, 0) is 9.59 Å². The lowest BCUT2D eigenvalue weighted by molar-refractivity contribution is -0.132. The Balaban J connectivity index is 1.73. The van der Waals surface area contributed by atoms with Gasteiger partial charge in [0.2, 0.25) is 5.95 Å². The molecule has 0 spiro atoms. The van der Waals surface area contributed by atoms with Crippen molar-refractivity contribution in [3.8, 4) is 0 Å². The topological polar surface area (TPSA) is 99.2 Å². The highest BCUT2D eigenvalue weighted by atomic mass is 19.1. The molecule has 1 atom stereocenters. The van der Waals surface area contributed by atoms with Gasteiger partial charge >= 0.3 is 5.91 Å². The first kappa shape index (κ1) is 18.7. The number of aromatic nitrogens is 3. The molecule has 152 valence electrons. The Labute approximate surface area is 175 Å². The Morgan fingerprint density at radius 2 is 1.81 bits per heavy atom. The van der Waals surface area contributed by atoms with Crippen molar-refractivity contribution < 1.29 is 19.1 Å². The Bertz CT molecular complexity index is 1310. The van der Waals surface area contributed by atoms with E-state index in [0.717, 1.165) is 0 Å². The second-order valence-corrected chi connectivity index (χ2v) is 7.04. The van der Waals surface area contributed by atoms with Crippen LogP contribution in [0.5, 0.6) is 0 Å². The van der Waals surface area contributed by atoms with Gasteiger partial charge in [0.25, 0.3) is 5.78 Å². The highest BCUT2D eigenvalue weighted by Crippen LogP contribution is 2.41. The average Bonchev–Trinajstić information content (AvgIpc) is 3.33. The molecule has 1 aliphatic heterocycles. The van der Waals surface area contributed by atoms with Crippen LogP contribution in [0.1, 0.15) is 17.2 Å². The van der Waals surface area contributed by atoms with Crippen molar-refractivity contribution in [2.75, 3.05) is 4.90 Å². The van der Waals surface area contributed by atoms with Crippen molar-refractivity contribution in [2.45, 2.75) is 6.04 Å². The molecule has 4 aromatic rings. The van der Waals surface area contributed by atoms with Crippen molar-refractivity contribution in [2.24, 2.45) is 0 Å². The number of fused-ring (bicyclic) bond motifs is 1. The Hall–Kier alpha value is -4.33. The van der Waals surface area contributed by atoms with E-state index >= 15 is 0 Å². The largest absolute Gasteiger partial charge is 0.507 e. The zero-order valence-corrected chi connectivity index (χ0v) is 16.0. The summed E-state index contributed by atoms with van der Waals surface area (Å²) >= 11 is 0. The highest BCUT2D eigenvalue weighted by molar-refractivity contribution is 6.51. The zero-order valence-electron chi connectivity index (χ0n) is 16.0. The number of amides is 1. The van der Waals surface area contributed by atoms with Crippen LogP contribution in [0.25, 0.3) is 16.8 Å². The Morgan fingerprint density at radius 1 is 1.03 bits per heavy atom. The molecule has 2 N–H and O–H groups in total. The molecule has 31 heavy (non-hydrogen) atoms. The van der Waals surface area contributed by atoms with Crippen molar-refractivity contribution in [3.05, 3.63) is 95.6 Å². The van der Waals surface area contributed by atoms with Gasteiger partial charge < -0.3 is 10.1 Å². The van der Waals surface area contributed by atoms with Crippen LogP contribution in [-0.4, -0.2) is 31.7 Å². The number of para-hydroxylation sites is 2. The van der Waals surface area contributed by atoms with Gasteiger partial charge in [0.1, 0.15) is 11.6 Å². The molecule has 5 rings (SSSR count). The van der Waals surface area contributed by atoms with E-state index in [1.165, 1.54) is 35.4 Å². The molecule has 1 saturated heterocycles. The summed E-state index contributed by atoms with van der Waals surface area (Å²) < 4.78 is 13.3. The van der Waals surface area contributed by atoms with Crippen LogP contribution < -0.4 is 4.90 Å². The number of rotatable bonds is 3. The lowest BCUT2D eigenvalue weighted by atomic mass is 9.96. The smallest absolute Gasteiger partial charge is 0.302 e. The molecule has 8 heteroatoms. The number of imidazole rings is 1. The molecular formula is C23H15FN4O3. The number of nitrogens with one attached hydrogen (secondary N) is 1. The molecular weight excluding hydrogens is 399 g/mol. The highest BCUT2D eigenvalue weighted by Gasteiger charge is 2.48. The summed E-state index contributed by atoms with van der Waals surface area (Å²) in [7, 11) is 0. The van der Waals surface area contributed by atoms with Gasteiger partial charge in [0, 0.05) is 18.0 Å².